The van der Waals surface area contributed by atoms with Crippen LogP contribution >= 0.6 is 0 Å². The number of hydrogen-bond acceptors (Lipinski definition) is 4. The molecule has 0 aromatic heterocycles. The zero-order valence-corrected chi connectivity index (χ0v) is 6.65. The van der Waals surface area contributed by atoms with Gasteiger partial charge in [-0.05, 0) is 12.1 Å². The van der Waals surface area contributed by atoms with Crippen molar-refractivity contribution < 1.29 is 14.4 Å². The lowest BCUT2D eigenvalue weighted by Crippen LogP contribution is -1.96. The highest BCUT2D eigenvalue weighted by molar-refractivity contribution is 7.85. The second kappa shape index (κ2) is 2.89. The van der Waals surface area contributed by atoms with Crippen LogP contribution in [0.3, 0.4) is 0 Å². The van der Waals surface area contributed by atoms with E-state index in [1.807, 2.05) is 0 Å². The summed E-state index contributed by atoms with van der Waals surface area (Å²) in [5.74, 6) is 0. The summed E-state index contributed by atoms with van der Waals surface area (Å²) in [6.45, 7) is 0. The smallest absolute Gasteiger partial charge is 0.744 e. The minimum absolute atomic E-state index is 0. The van der Waals surface area contributed by atoms with Crippen molar-refractivity contribution in [2.24, 2.45) is 0 Å². The minimum Gasteiger partial charge on any atom is -0.744 e. The van der Waals surface area contributed by atoms with Gasteiger partial charge >= 0.3 is 7.11 Å². The van der Waals surface area contributed by atoms with Gasteiger partial charge in [0.15, 0.2) is 4.98 Å². The second-order valence-corrected chi connectivity index (χ2v) is 3.43. The summed E-state index contributed by atoms with van der Waals surface area (Å²) in [7, 11) is -4.40. The van der Waals surface area contributed by atoms with Crippen molar-refractivity contribution in [3.05, 3.63) is 29.2 Å². The average Bonchev–Trinajstić information content (AvgIpc) is 2.03. The van der Waals surface area contributed by atoms with E-state index in [0.717, 1.165) is 12.1 Å². The Bertz CT molecular complexity index is 420. The van der Waals surface area contributed by atoms with Crippen LogP contribution in [0.1, 0.15) is 1.43 Å². The van der Waals surface area contributed by atoms with Gasteiger partial charge < -0.3 is 4.55 Å². The van der Waals surface area contributed by atoms with Crippen molar-refractivity contribution in [1.29, 1.82) is 5.39 Å². The van der Waals surface area contributed by atoms with E-state index in [4.69, 9.17) is 5.39 Å². The fraction of sp³-hybridized carbons (Fsp3) is 0. The second-order valence-electron chi connectivity index (χ2n) is 2.05. The summed E-state index contributed by atoms with van der Waals surface area (Å²) < 4.78 is 31.2. The highest BCUT2D eigenvalue weighted by atomic mass is 32.2. The van der Waals surface area contributed by atoms with Gasteiger partial charge in [0.2, 0.25) is 5.39 Å². The molecule has 1 rings (SSSR count). The zero-order valence-electron chi connectivity index (χ0n) is 6.84. The van der Waals surface area contributed by atoms with E-state index in [2.05, 4.69) is 4.98 Å². The molecule has 5 nitrogen and oxygen atoms in total. The van der Waals surface area contributed by atoms with Crippen molar-refractivity contribution in [2.75, 3.05) is 0 Å². The van der Waals surface area contributed by atoms with E-state index in [-0.39, 0.29) is 12.0 Å². The van der Waals surface area contributed by atoms with Crippen LogP contribution in [0.5, 0.6) is 0 Å². The molecule has 0 saturated carbocycles. The molecule has 0 saturated heterocycles. The molecule has 0 bridgehead atoms. The van der Waals surface area contributed by atoms with Crippen LogP contribution in [0.4, 0.5) is 5.69 Å². The van der Waals surface area contributed by atoms with Crippen molar-refractivity contribution in [3.63, 3.8) is 0 Å². The molecule has 0 amide bonds. The SMILES string of the molecule is N#[N+]c1ccc(S(=O)(=O)[O-])cc1.[H+]. The number of nitrogens with zero attached hydrogens (tertiary/aromatic N) is 2. The predicted molar refractivity (Wildman–Crippen MR) is 40.3 cm³/mol. The Balaban J connectivity index is 0.00000144. The maximum Gasteiger partial charge on any atom is 1.00 e. The van der Waals surface area contributed by atoms with Gasteiger partial charge in [0.05, 0.1) is 4.90 Å². The monoisotopic (exact) mass is 185 g/mol. The molecule has 62 valence electrons. The Morgan fingerprint density at radius 2 is 1.83 bits per heavy atom. The van der Waals surface area contributed by atoms with Crippen LogP contribution in [0.2, 0.25) is 0 Å². The molecular weight excluding hydrogens is 180 g/mol. The van der Waals surface area contributed by atoms with Gasteiger partial charge in [-0.3, -0.25) is 0 Å². The molecular formula is C6H5N2O3S+. The summed E-state index contributed by atoms with van der Waals surface area (Å²) >= 11 is 0. The molecule has 1 aromatic rings. The Morgan fingerprint density at radius 3 is 2.17 bits per heavy atom. The fourth-order valence-electron chi connectivity index (χ4n) is 0.679. The first kappa shape index (κ1) is 8.64. The molecule has 0 N–H and O–H groups in total. The van der Waals surface area contributed by atoms with Crippen LogP contribution < -0.4 is 0 Å². The number of diazo groups is 1. The Labute approximate surface area is 70.5 Å². The third-order valence-corrected chi connectivity index (χ3v) is 2.09. The van der Waals surface area contributed by atoms with Crippen molar-refractivity contribution in [3.8, 4) is 0 Å². The van der Waals surface area contributed by atoms with Gasteiger partial charge in [-0.2, -0.15) is 0 Å². The number of benzene rings is 1. The molecule has 0 atom stereocenters. The lowest BCUT2D eigenvalue weighted by molar-refractivity contribution is 0.463. The highest BCUT2D eigenvalue weighted by Crippen LogP contribution is 2.15. The van der Waals surface area contributed by atoms with Gasteiger partial charge in [-0.15, -0.1) is 0 Å². The molecule has 0 radical (unpaired) electrons. The molecule has 12 heavy (non-hydrogen) atoms. The minimum atomic E-state index is -4.40. The maximum absolute atomic E-state index is 10.4. The van der Waals surface area contributed by atoms with Crippen LogP contribution in [0.25, 0.3) is 4.98 Å². The molecule has 0 heterocycles. The maximum atomic E-state index is 10.4. The van der Waals surface area contributed by atoms with Crippen LogP contribution in [-0.4, -0.2) is 13.0 Å². The van der Waals surface area contributed by atoms with E-state index in [1.165, 1.54) is 12.1 Å². The summed E-state index contributed by atoms with van der Waals surface area (Å²) in [4.78, 5) is 2.46. The van der Waals surface area contributed by atoms with Crippen molar-refractivity contribution >= 4 is 15.8 Å². The topological polar surface area (TPSA) is 85.3 Å². The van der Waals surface area contributed by atoms with Crippen LogP contribution in [0.15, 0.2) is 29.2 Å². The largest absolute Gasteiger partial charge is 1.00 e. The summed E-state index contributed by atoms with van der Waals surface area (Å²) in [6, 6.07) is 4.62. The first-order chi connectivity index (χ1) is 5.54. The van der Waals surface area contributed by atoms with Crippen LogP contribution in [-0.2, 0) is 10.1 Å². The molecule has 0 aliphatic rings. The standard InChI is InChI=1S/C6H4N2O3S/c7-8-5-1-3-6(4-2-5)12(9,10)11/h1-4H/p+1. The molecule has 0 aliphatic heterocycles. The molecule has 0 fully saturated rings. The van der Waals surface area contributed by atoms with Gasteiger partial charge in [-0.1, -0.05) is 0 Å². The molecule has 6 heteroatoms. The Morgan fingerprint density at radius 1 is 1.33 bits per heavy atom. The summed E-state index contributed by atoms with van der Waals surface area (Å²) in [5.41, 5.74) is 0.197. The highest BCUT2D eigenvalue weighted by Gasteiger charge is 2.05. The van der Waals surface area contributed by atoms with E-state index >= 15 is 0 Å². The number of hydrogen-bond donors (Lipinski definition) is 0. The van der Waals surface area contributed by atoms with Gasteiger partial charge in [-0.25, -0.2) is 8.42 Å². The Kier molecular flexibility index (Phi) is 2.08. The lowest BCUT2D eigenvalue weighted by Gasteiger charge is -2.03. The summed E-state index contributed by atoms with van der Waals surface area (Å²) in [6.07, 6.45) is 0. The van der Waals surface area contributed by atoms with Crippen molar-refractivity contribution in [1.82, 2.24) is 0 Å². The van der Waals surface area contributed by atoms with Crippen molar-refractivity contribution in [2.45, 2.75) is 4.90 Å². The molecule has 0 spiro atoms. The molecule has 0 aliphatic carbocycles. The van der Waals surface area contributed by atoms with Gasteiger partial charge in [0, 0.05) is 12.1 Å². The first-order valence-electron chi connectivity index (χ1n) is 2.95. The third kappa shape index (κ3) is 1.78. The van der Waals surface area contributed by atoms with Crippen LogP contribution in [0, 0.1) is 5.39 Å². The Hall–Kier alpha value is -1.45. The molecule has 1 aromatic carbocycles. The predicted octanol–water partition coefficient (Wildman–Crippen LogP) is 1.19. The molecule has 0 unspecified atom stereocenters. The zero-order chi connectivity index (χ0) is 9.19. The van der Waals surface area contributed by atoms with E-state index in [1.54, 1.807) is 0 Å². The van der Waals surface area contributed by atoms with Gasteiger partial charge in [0.1, 0.15) is 10.1 Å². The van der Waals surface area contributed by atoms with E-state index in [0.29, 0.717) is 0 Å². The van der Waals surface area contributed by atoms with E-state index < -0.39 is 10.1 Å². The average molecular weight is 185 g/mol. The lowest BCUT2D eigenvalue weighted by atomic mass is 10.3. The quantitative estimate of drug-likeness (QED) is 0.485. The van der Waals surface area contributed by atoms with E-state index in [9.17, 15) is 13.0 Å². The normalized spacial score (nSPS) is 10.7. The number of rotatable bonds is 1. The van der Waals surface area contributed by atoms with Gasteiger partial charge in [0.25, 0.3) is 0 Å². The first-order valence-corrected chi connectivity index (χ1v) is 4.36. The fourth-order valence-corrected chi connectivity index (χ4v) is 1.15. The summed E-state index contributed by atoms with van der Waals surface area (Å²) in [5, 5.41) is 8.23. The third-order valence-electron chi connectivity index (χ3n) is 1.24.